The zero-order valence-electron chi connectivity index (χ0n) is 12.0. The van der Waals surface area contributed by atoms with Gasteiger partial charge in [-0.05, 0) is 31.0 Å². The molecule has 1 unspecified atom stereocenters. The van der Waals surface area contributed by atoms with Gasteiger partial charge in [0.25, 0.3) is 15.0 Å². The van der Waals surface area contributed by atoms with Gasteiger partial charge in [0, 0.05) is 42.4 Å². The van der Waals surface area contributed by atoms with Gasteiger partial charge in [-0.1, -0.05) is 6.07 Å². The number of aryl methyl sites for hydroxylation is 1. The highest BCUT2D eigenvalue weighted by Crippen LogP contribution is 2.24. The third kappa shape index (κ3) is 3.75. The summed E-state index contributed by atoms with van der Waals surface area (Å²) in [6.07, 6.45) is 0.895. The molecule has 1 saturated heterocycles. The van der Waals surface area contributed by atoms with Crippen molar-refractivity contribution in [1.82, 2.24) is 4.90 Å². The lowest BCUT2D eigenvalue weighted by atomic mass is 10.1. The topological polar surface area (TPSA) is 63.7 Å². The number of carbonyl (C=O) groups excluding carboxylic acids is 1. The molecule has 21 heavy (non-hydrogen) atoms. The van der Waals surface area contributed by atoms with E-state index in [0.29, 0.717) is 36.7 Å². The van der Waals surface area contributed by atoms with Gasteiger partial charge in [0.15, 0.2) is 0 Å². The molecule has 1 heterocycles. The van der Waals surface area contributed by atoms with Gasteiger partial charge in [0.1, 0.15) is 0 Å². The Hall–Kier alpha value is -1.11. The minimum atomic E-state index is -3.85. The monoisotopic (exact) mass is 331 g/mol. The van der Waals surface area contributed by atoms with Gasteiger partial charge >= 0.3 is 0 Å². The van der Waals surface area contributed by atoms with Crippen LogP contribution < -0.4 is 0 Å². The van der Waals surface area contributed by atoms with E-state index in [1.54, 1.807) is 31.1 Å². The third-order valence-corrected chi connectivity index (χ3v) is 5.14. The standard InChI is InChI=1S/C14H18ClNO4S/c1-10-3-4-12(7-13(10)21(15,18)19)14(17)16-6-5-11(8-16)9-20-2/h3-4,7,11H,5-6,8-9H2,1-2H3. The van der Waals surface area contributed by atoms with Gasteiger partial charge in [-0.25, -0.2) is 8.42 Å². The first-order valence-corrected chi connectivity index (χ1v) is 8.97. The number of halogens is 1. The van der Waals surface area contributed by atoms with Crippen LogP contribution in [0.1, 0.15) is 22.3 Å². The zero-order valence-corrected chi connectivity index (χ0v) is 13.6. The van der Waals surface area contributed by atoms with Crippen molar-refractivity contribution < 1.29 is 17.9 Å². The zero-order chi connectivity index (χ0) is 15.6. The van der Waals surface area contributed by atoms with Crippen LogP contribution in [0, 0.1) is 12.8 Å². The molecule has 0 saturated carbocycles. The van der Waals surface area contributed by atoms with Crippen LogP contribution >= 0.6 is 10.7 Å². The molecular formula is C14H18ClNO4S. The van der Waals surface area contributed by atoms with Crippen LogP contribution in [-0.2, 0) is 13.8 Å². The Bertz CT molecular complexity index is 644. The molecule has 1 aromatic rings. The molecule has 0 aliphatic carbocycles. The summed E-state index contributed by atoms with van der Waals surface area (Å²) in [6.45, 7) is 3.56. The first kappa shape index (κ1) is 16.3. The molecule has 0 bridgehead atoms. The molecule has 0 N–H and O–H groups in total. The van der Waals surface area contributed by atoms with E-state index in [2.05, 4.69) is 0 Å². The number of hydrogen-bond acceptors (Lipinski definition) is 4. The summed E-state index contributed by atoms with van der Waals surface area (Å²) in [5.41, 5.74) is 0.873. The SMILES string of the molecule is COCC1CCN(C(=O)c2ccc(C)c(S(=O)(=O)Cl)c2)C1. The van der Waals surface area contributed by atoms with Crippen molar-refractivity contribution in [2.24, 2.45) is 5.92 Å². The lowest BCUT2D eigenvalue weighted by molar-refractivity contribution is 0.0775. The Morgan fingerprint density at radius 1 is 1.48 bits per heavy atom. The quantitative estimate of drug-likeness (QED) is 0.792. The fourth-order valence-electron chi connectivity index (χ4n) is 2.57. The largest absolute Gasteiger partial charge is 0.384 e. The van der Waals surface area contributed by atoms with Gasteiger partial charge in [-0.15, -0.1) is 0 Å². The first-order valence-electron chi connectivity index (χ1n) is 6.66. The van der Waals surface area contributed by atoms with E-state index in [1.807, 2.05) is 0 Å². The van der Waals surface area contributed by atoms with Gasteiger partial charge in [0.2, 0.25) is 0 Å². The summed E-state index contributed by atoms with van der Waals surface area (Å²) in [5, 5.41) is 0. The fourth-order valence-corrected chi connectivity index (χ4v) is 3.79. The van der Waals surface area contributed by atoms with E-state index in [4.69, 9.17) is 15.4 Å². The van der Waals surface area contributed by atoms with Gasteiger partial charge in [-0.3, -0.25) is 4.79 Å². The number of amides is 1. The Labute approximate surface area is 129 Å². The van der Waals surface area contributed by atoms with Crippen LogP contribution in [0.4, 0.5) is 0 Å². The Morgan fingerprint density at radius 3 is 2.81 bits per heavy atom. The smallest absolute Gasteiger partial charge is 0.261 e. The van der Waals surface area contributed by atoms with Crippen molar-refractivity contribution >= 4 is 25.6 Å². The summed E-state index contributed by atoms with van der Waals surface area (Å²) >= 11 is 0. The molecule has 1 aliphatic heterocycles. The number of likely N-dealkylation sites (tertiary alicyclic amines) is 1. The highest BCUT2D eigenvalue weighted by molar-refractivity contribution is 8.13. The number of nitrogens with zero attached hydrogens (tertiary/aromatic N) is 1. The second kappa shape index (κ2) is 6.34. The van der Waals surface area contributed by atoms with Gasteiger partial charge in [-0.2, -0.15) is 0 Å². The van der Waals surface area contributed by atoms with Crippen molar-refractivity contribution in [3.05, 3.63) is 29.3 Å². The minimum absolute atomic E-state index is 0.0114. The number of ether oxygens (including phenoxy) is 1. The van der Waals surface area contributed by atoms with Crippen molar-refractivity contribution in [3.63, 3.8) is 0 Å². The van der Waals surface area contributed by atoms with E-state index < -0.39 is 9.05 Å². The molecule has 116 valence electrons. The molecular weight excluding hydrogens is 314 g/mol. The van der Waals surface area contributed by atoms with Crippen LogP contribution in [0.5, 0.6) is 0 Å². The predicted octanol–water partition coefficient (Wildman–Crippen LogP) is 2.03. The highest BCUT2D eigenvalue weighted by Gasteiger charge is 2.27. The van der Waals surface area contributed by atoms with Crippen LogP contribution in [0.15, 0.2) is 23.1 Å². The molecule has 0 aromatic heterocycles. The second-order valence-corrected chi connectivity index (χ2v) is 7.81. The van der Waals surface area contributed by atoms with Crippen molar-refractivity contribution in [2.45, 2.75) is 18.2 Å². The summed E-state index contributed by atoms with van der Waals surface area (Å²) in [6, 6.07) is 4.59. The Balaban J connectivity index is 2.21. The van der Waals surface area contributed by atoms with Crippen molar-refractivity contribution in [1.29, 1.82) is 0 Å². The maximum absolute atomic E-state index is 12.4. The van der Waals surface area contributed by atoms with E-state index >= 15 is 0 Å². The second-order valence-electron chi connectivity index (χ2n) is 5.28. The molecule has 1 aliphatic rings. The average molecular weight is 332 g/mol. The molecule has 1 aromatic carbocycles. The molecule has 0 spiro atoms. The van der Waals surface area contributed by atoms with E-state index in [1.165, 1.54) is 6.07 Å². The number of benzene rings is 1. The molecule has 1 amide bonds. The summed E-state index contributed by atoms with van der Waals surface area (Å²) in [5.74, 6) is 0.163. The van der Waals surface area contributed by atoms with Crippen LogP contribution in [0.25, 0.3) is 0 Å². The van der Waals surface area contributed by atoms with Crippen molar-refractivity contribution in [3.8, 4) is 0 Å². The maximum Gasteiger partial charge on any atom is 0.261 e. The minimum Gasteiger partial charge on any atom is -0.384 e. The molecule has 2 rings (SSSR count). The van der Waals surface area contributed by atoms with Crippen LogP contribution in [0.2, 0.25) is 0 Å². The summed E-state index contributed by atoms with van der Waals surface area (Å²) < 4.78 is 28.1. The Morgan fingerprint density at radius 2 is 2.19 bits per heavy atom. The normalized spacial score (nSPS) is 19.0. The fraction of sp³-hybridized carbons (Fsp3) is 0.500. The Kier molecular flexibility index (Phi) is 4.91. The van der Waals surface area contributed by atoms with Gasteiger partial charge < -0.3 is 9.64 Å². The molecule has 7 heteroatoms. The average Bonchev–Trinajstić information content (AvgIpc) is 2.86. The van der Waals surface area contributed by atoms with E-state index in [-0.39, 0.29) is 10.8 Å². The highest BCUT2D eigenvalue weighted by atomic mass is 35.7. The third-order valence-electron chi connectivity index (χ3n) is 3.67. The molecule has 1 atom stereocenters. The maximum atomic E-state index is 12.4. The number of rotatable bonds is 4. The van der Waals surface area contributed by atoms with E-state index in [9.17, 15) is 13.2 Å². The summed E-state index contributed by atoms with van der Waals surface area (Å²) in [4.78, 5) is 14.1. The summed E-state index contributed by atoms with van der Waals surface area (Å²) in [7, 11) is 3.19. The van der Waals surface area contributed by atoms with Crippen molar-refractivity contribution in [2.75, 3.05) is 26.8 Å². The van der Waals surface area contributed by atoms with Crippen LogP contribution in [0.3, 0.4) is 0 Å². The number of carbonyl (C=O) groups is 1. The number of hydrogen-bond donors (Lipinski definition) is 0. The van der Waals surface area contributed by atoms with E-state index in [0.717, 1.165) is 6.42 Å². The molecule has 1 fully saturated rings. The predicted molar refractivity (Wildman–Crippen MR) is 80.1 cm³/mol. The first-order chi connectivity index (χ1) is 9.82. The number of methoxy groups -OCH3 is 1. The molecule has 0 radical (unpaired) electrons. The van der Waals surface area contributed by atoms with Crippen LogP contribution in [-0.4, -0.2) is 46.0 Å². The van der Waals surface area contributed by atoms with Gasteiger partial charge in [0.05, 0.1) is 11.5 Å². The lowest BCUT2D eigenvalue weighted by Gasteiger charge is -2.17. The lowest BCUT2D eigenvalue weighted by Crippen LogP contribution is -2.29. The molecule has 5 nitrogen and oxygen atoms in total.